The second kappa shape index (κ2) is 3.98. The molecule has 0 radical (unpaired) electrons. The van der Waals surface area contributed by atoms with Crippen LogP contribution in [-0.2, 0) is 6.42 Å². The second-order valence-electron chi connectivity index (χ2n) is 3.26. The number of rotatable bonds is 2. The van der Waals surface area contributed by atoms with Gasteiger partial charge in [-0.05, 0) is 18.6 Å². The molecule has 0 fully saturated rings. The fourth-order valence-corrected chi connectivity index (χ4v) is 1.56. The van der Waals surface area contributed by atoms with Crippen LogP contribution < -0.4 is 5.56 Å². The van der Waals surface area contributed by atoms with Gasteiger partial charge >= 0.3 is 0 Å². The Morgan fingerprint density at radius 3 is 3.00 bits per heavy atom. The molecule has 78 valence electrons. The summed E-state index contributed by atoms with van der Waals surface area (Å²) in [4.78, 5) is 16.0. The Bertz CT molecular complexity index is 550. The van der Waals surface area contributed by atoms with Crippen LogP contribution in [0.2, 0.25) is 5.15 Å². The molecule has 0 saturated heterocycles. The summed E-state index contributed by atoms with van der Waals surface area (Å²) in [5.74, 6) is 0. The molecule has 0 amide bonds. The summed E-state index contributed by atoms with van der Waals surface area (Å²) in [6.07, 6.45) is 3.23. The first-order valence-electron chi connectivity index (χ1n) is 4.76. The van der Waals surface area contributed by atoms with Crippen molar-refractivity contribution in [1.29, 1.82) is 0 Å². The Kier molecular flexibility index (Phi) is 2.68. The van der Waals surface area contributed by atoms with Crippen molar-refractivity contribution in [2.45, 2.75) is 19.8 Å². The highest BCUT2D eigenvalue weighted by Crippen LogP contribution is 2.04. The van der Waals surface area contributed by atoms with Crippen molar-refractivity contribution < 1.29 is 0 Å². The van der Waals surface area contributed by atoms with E-state index in [9.17, 15) is 4.79 Å². The van der Waals surface area contributed by atoms with Crippen LogP contribution in [-0.4, -0.2) is 14.6 Å². The van der Waals surface area contributed by atoms with Crippen LogP contribution >= 0.6 is 11.6 Å². The van der Waals surface area contributed by atoms with Crippen LogP contribution in [0.4, 0.5) is 0 Å². The third-order valence-electron chi connectivity index (χ3n) is 2.12. The van der Waals surface area contributed by atoms with Crippen LogP contribution in [0.25, 0.3) is 5.65 Å². The highest BCUT2D eigenvalue weighted by Gasteiger charge is 2.04. The zero-order chi connectivity index (χ0) is 10.8. The first kappa shape index (κ1) is 10.1. The lowest BCUT2D eigenvalue weighted by molar-refractivity contribution is 0.814. The maximum absolute atomic E-state index is 11.9. The summed E-state index contributed by atoms with van der Waals surface area (Å²) in [6, 6.07) is 3.29. The zero-order valence-corrected chi connectivity index (χ0v) is 9.03. The Morgan fingerprint density at radius 2 is 2.27 bits per heavy atom. The van der Waals surface area contributed by atoms with E-state index in [1.54, 1.807) is 18.3 Å². The Hall–Kier alpha value is -1.42. The molecule has 0 bridgehead atoms. The third kappa shape index (κ3) is 1.85. The largest absolute Gasteiger partial charge is 0.277 e. The molecule has 0 saturated carbocycles. The predicted molar refractivity (Wildman–Crippen MR) is 58.3 cm³/mol. The lowest BCUT2D eigenvalue weighted by Gasteiger charge is -2.01. The van der Waals surface area contributed by atoms with Crippen molar-refractivity contribution in [3.8, 4) is 0 Å². The molecule has 5 heteroatoms. The van der Waals surface area contributed by atoms with Gasteiger partial charge in [-0.25, -0.2) is 4.98 Å². The van der Waals surface area contributed by atoms with Crippen LogP contribution in [0.1, 0.15) is 18.9 Å². The predicted octanol–water partition coefficient (Wildman–Crippen LogP) is 1.70. The molecule has 2 rings (SSSR count). The number of halogens is 1. The standard InChI is InChI=1S/C10H10ClN3O/c1-2-3-7-6-12-9-5-4-8(11)13-14(9)10(7)15/h4-6H,2-3H2,1H3. The van der Waals surface area contributed by atoms with Crippen molar-refractivity contribution >= 4 is 17.2 Å². The number of hydrogen-bond donors (Lipinski definition) is 0. The SMILES string of the molecule is CCCc1cnc2ccc(Cl)nn2c1=O. The molecule has 0 aliphatic rings. The van der Waals surface area contributed by atoms with Gasteiger partial charge in [0.05, 0.1) is 0 Å². The van der Waals surface area contributed by atoms with E-state index in [4.69, 9.17) is 11.6 Å². The molecule has 0 aliphatic heterocycles. The molecule has 2 heterocycles. The lowest BCUT2D eigenvalue weighted by atomic mass is 10.2. The minimum absolute atomic E-state index is 0.135. The number of aryl methyl sites for hydroxylation is 1. The normalized spacial score (nSPS) is 10.8. The molecule has 15 heavy (non-hydrogen) atoms. The van der Waals surface area contributed by atoms with Gasteiger partial charge in [0.25, 0.3) is 5.56 Å². The zero-order valence-electron chi connectivity index (χ0n) is 8.27. The van der Waals surface area contributed by atoms with Crippen molar-refractivity contribution in [2.75, 3.05) is 0 Å². The monoisotopic (exact) mass is 223 g/mol. The van der Waals surface area contributed by atoms with Crippen molar-refractivity contribution in [3.05, 3.63) is 39.4 Å². The fourth-order valence-electron chi connectivity index (χ4n) is 1.42. The molecular weight excluding hydrogens is 214 g/mol. The summed E-state index contributed by atoms with van der Waals surface area (Å²) in [5.41, 5.74) is 1.05. The molecule has 0 unspecified atom stereocenters. The quantitative estimate of drug-likeness (QED) is 0.779. The van der Waals surface area contributed by atoms with Crippen molar-refractivity contribution in [2.24, 2.45) is 0 Å². The van der Waals surface area contributed by atoms with E-state index < -0.39 is 0 Å². The van der Waals surface area contributed by atoms with Gasteiger partial charge in [0.15, 0.2) is 5.65 Å². The van der Waals surface area contributed by atoms with Gasteiger partial charge in [-0.3, -0.25) is 4.79 Å². The molecule has 0 spiro atoms. The number of aromatic nitrogens is 3. The minimum atomic E-state index is -0.135. The van der Waals surface area contributed by atoms with Gasteiger partial charge < -0.3 is 0 Å². The van der Waals surface area contributed by atoms with Gasteiger partial charge in [-0.2, -0.15) is 9.61 Å². The molecular formula is C10H10ClN3O. The smallest absolute Gasteiger partial charge is 0.267 e. The van der Waals surface area contributed by atoms with Crippen LogP contribution in [0.15, 0.2) is 23.1 Å². The summed E-state index contributed by atoms with van der Waals surface area (Å²) in [7, 11) is 0. The molecule has 0 N–H and O–H groups in total. The maximum Gasteiger partial charge on any atom is 0.277 e. The van der Waals surface area contributed by atoms with E-state index >= 15 is 0 Å². The fraction of sp³-hybridized carbons (Fsp3) is 0.300. The molecule has 2 aromatic heterocycles. The Balaban J connectivity index is 2.71. The van der Waals surface area contributed by atoms with Gasteiger partial charge in [0.1, 0.15) is 5.15 Å². The van der Waals surface area contributed by atoms with Crippen LogP contribution in [0.3, 0.4) is 0 Å². The van der Waals surface area contributed by atoms with Gasteiger partial charge in [0.2, 0.25) is 0 Å². The number of hydrogen-bond acceptors (Lipinski definition) is 3. The van der Waals surface area contributed by atoms with E-state index in [2.05, 4.69) is 10.1 Å². The average Bonchev–Trinajstić information content (AvgIpc) is 2.23. The summed E-state index contributed by atoms with van der Waals surface area (Å²) >= 11 is 5.72. The van der Waals surface area contributed by atoms with Crippen molar-refractivity contribution in [3.63, 3.8) is 0 Å². The topological polar surface area (TPSA) is 47.3 Å². The first-order valence-corrected chi connectivity index (χ1v) is 5.13. The maximum atomic E-state index is 11.9. The highest BCUT2D eigenvalue weighted by atomic mass is 35.5. The van der Waals surface area contributed by atoms with E-state index in [0.29, 0.717) is 22.8 Å². The molecule has 0 aromatic carbocycles. The van der Waals surface area contributed by atoms with Crippen LogP contribution in [0.5, 0.6) is 0 Å². The average molecular weight is 224 g/mol. The molecule has 0 aliphatic carbocycles. The molecule has 0 atom stereocenters. The number of nitrogens with zero attached hydrogens (tertiary/aromatic N) is 3. The second-order valence-corrected chi connectivity index (χ2v) is 3.65. The van der Waals surface area contributed by atoms with Crippen molar-refractivity contribution in [1.82, 2.24) is 14.6 Å². The van der Waals surface area contributed by atoms with Gasteiger partial charge in [0, 0.05) is 11.8 Å². The Labute approximate surface area is 91.5 Å². The summed E-state index contributed by atoms with van der Waals surface area (Å²) < 4.78 is 1.24. The van der Waals surface area contributed by atoms with E-state index in [1.807, 2.05) is 6.92 Å². The highest BCUT2D eigenvalue weighted by molar-refractivity contribution is 6.29. The third-order valence-corrected chi connectivity index (χ3v) is 2.32. The lowest BCUT2D eigenvalue weighted by Crippen LogP contribution is -2.21. The summed E-state index contributed by atoms with van der Waals surface area (Å²) in [5, 5.41) is 4.22. The number of fused-ring (bicyclic) bond motifs is 1. The minimum Gasteiger partial charge on any atom is -0.267 e. The Morgan fingerprint density at radius 1 is 1.47 bits per heavy atom. The van der Waals surface area contributed by atoms with E-state index in [1.165, 1.54) is 4.52 Å². The van der Waals surface area contributed by atoms with Gasteiger partial charge in [-0.1, -0.05) is 24.9 Å². The van der Waals surface area contributed by atoms with E-state index in [-0.39, 0.29) is 5.56 Å². The van der Waals surface area contributed by atoms with E-state index in [0.717, 1.165) is 6.42 Å². The van der Waals surface area contributed by atoms with Crippen LogP contribution in [0, 0.1) is 0 Å². The molecule has 2 aromatic rings. The van der Waals surface area contributed by atoms with Gasteiger partial charge in [-0.15, -0.1) is 0 Å². The summed E-state index contributed by atoms with van der Waals surface area (Å²) in [6.45, 7) is 2.01. The first-order chi connectivity index (χ1) is 7.22. The molecule has 4 nitrogen and oxygen atoms in total.